The summed E-state index contributed by atoms with van der Waals surface area (Å²) in [6.45, 7) is 4.77. The first-order chi connectivity index (χ1) is 14.0. The molecule has 0 unspecified atom stereocenters. The Morgan fingerprint density at radius 1 is 1.17 bits per heavy atom. The molecule has 2 heterocycles. The summed E-state index contributed by atoms with van der Waals surface area (Å²) in [7, 11) is 0. The monoisotopic (exact) mass is 408 g/mol. The highest BCUT2D eigenvalue weighted by molar-refractivity contribution is 7.22. The zero-order chi connectivity index (χ0) is 20.4. The standard InChI is InChI=1S/C21H20N4O3S/c1-15-5-7-18-19(13-15)29-21(22-18)24-11-9-23(10-12-24)20(26)8-6-16-3-2-4-17(14-16)25(27)28/h2-8,13-14H,9-12H2,1H3/b8-6+. The van der Waals surface area contributed by atoms with Crippen LogP contribution in [-0.2, 0) is 4.79 Å². The van der Waals surface area contributed by atoms with Crippen molar-refractivity contribution in [2.24, 2.45) is 0 Å². The fourth-order valence-electron chi connectivity index (χ4n) is 3.29. The Morgan fingerprint density at radius 3 is 2.72 bits per heavy atom. The molecule has 1 aliphatic heterocycles. The number of hydrogen-bond acceptors (Lipinski definition) is 6. The van der Waals surface area contributed by atoms with Gasteiger partial charge in [0.25, 0.3) is 5.69 Å². The third-order valence-electron chi connectivity index (χ3n) is 4.89. The van der Waals surface area contributed by atoms with Crippen LogP contribution in [0.15, 0.2) is 48.5 Å². The van der Waals surface area contributed by atoms with Crippen LogP contribution in [0.4, 0.5) is 10.8 Å². The topological polar surface area (TPSA) is 79.6 Å². The summed E-state index contributed by atoms with van der Waals surface area (Å²) in [6.07, 6.45) is 3.10. The van der Waals surface area contributed by atoms with Gasteiger partial charge in [0.05, 0.1) is 15.1 Å². The van der Waals surface area contributed by atoms with Gasteiger partial charge in [0.1, 0.15) is 0 Å². The summed E-state index contributed by atoms with van der Waals surface area (Å²) in [4.78, 5) is 31.6. The van der Waals surface area contributed by atoms with Gasteiger partial charge in [-0.15, -0.1) is 0 Å². The van der Waals surface area contributed by atoms with E-state index in [4.69, 9.17) is 4.98 Å². The van der Waals surface area contributed by atoms with Crippen LogP contribution in [0.5, 0.6) is 0 Å². The van der Waals surface area contributed by atoms with E-state index >= 15 is 0 Å². The first kappa shape index (κ1) is 19.1. The van der Waals surface area contributed by atoms with Crippen LogP contribution in [0.1, 0.15) is 11.1 Å². The summed E-state index contributed by atoms with van der Waals surface area (Å²) in [6, 6.07) is 12.5. The largest absolute Gasteiger partial charge is 0.345 e. The molecule has 1 saturated heterocycles. The Labute approximate surface area is 172 Å². The molecule has 0 N–H and O–H groups in total. The number of thiazole rings is 1. The number of amides is 1. The van der Waals surface area contributed by atoms with Crippen molar-refractivity contribution in [1.29, 1.82) is 0 Å². The van der Waals surface area contributed by atoms with Gasteiger partial charge in [-0.05, 0) is 36.3 Å². The van der Waals surface area contributed by atoms with Crippen molar-refractivity contribution >= 4 is 44.4 Å². The SMILES string of the molecule is Cc1ccc2nc(N3CCN(C(=O)/C=C/c4cccc([N+](=O)[O-])c4)CC3)sc2c1. The van der Waals surface area contributed by atoms with Gasteiger partial charge in [-0.3, -0.25) is 14.9 Å². The van der Waals surface area contributed by atoms with Gasteiger partial charge >= 0.3 is 0 Å². The van der Waals surface area contributed by atoms with E-state index in [1.54, 1.807) is 34.4 Å². The number of aryl methyl sites for hydroxylation is 1. The Kier molecular flexibility index (Phi) is 5.26. The second-order valence-electron chi connectivity index (χ2n) is 6.97. The molecule has 1 amide bonds. The van der Waals surface area contributed by atoms with Crippen LogP contribution >= 0.6 is 11.3 Å². The van der Waals surface area contributed by atoms with E-state index < -0.39 is 4.92 Å². The van der Waals surface area contributed by atoms with Gasteiger partial charge in [0.15, 0.2) is 5.13 Å². The zero-order valence-corrected chi connectivity index (χ0v) is 16.8. The van der Waals surface area contributed by atoms with Crippen molar-refractivity contribution in [3.8, 4) is 0 Å². The van der Waals surface area contributed by atoms with Crippen molar-refractivity contribution in [2.45, 2.75) is 6.92 Å². The van der Waals surface area contributed by atoms with Gasteiger partial charge < -0.3 is 9.80 Å². The molecule has 0 saturated carbocycles. The van der Waals surface area contributed by atoms with Gasteiger partial charge in [0, 0.05) is 44.4 Å². The number of piperazine rings is 1. The second-order valence-corrected chi connectivity index (χ2v) is 7.97. The number of non-ortho nitro benzene ring substituents is 1. The van der Waals surface area contributed by atoms with E-state index in [1.807, 2.05) is 6.07 Å². The number of nitro benzene ring substituents is 1. The van der Waals surface area contributed by atoms with E-state index in [-0.39, 0.29) is 11.6 Å². The van der Waals surface area contributed by atoms with Crippen LogP contribution in [-0.4, -0.2) is 46.9 Å². The lowest BCUT2D eigenvalue weighted by Gasteiger charge is -2.34. The summed E-state index contributed by atoms with van der Waals surface area (Å²) in [5.74, 6) is -0.0870. The Balaban J connectivity index is 1.38. The predicted molar refractivity (Wildman–Crippen MR) is 115 cm³/mol. The first-order valence-electron chi connectivity index (χ1n) is 9.33. The highest BCUT2D eigenvalue weighted by Crippen LogP contribution is 2.30. The summed E-state index contributed by atoms with van der Waals surface area (Å²) >= 11 is 1.68. The molecule has 1 aromatic heterocycles. The van der Waals surface area contributed by atoms with E-state index in [2.05, 4.69) is 24.0 Å². The number of carbonyl (C=O) groups excluding carboxylic acids is 1. The molecule has 0 spiro atoms. The summed E-state index contributed by atoms with van der Waals surface area (Å²) in [5, 5.41) is 11.8. The molecule has 3 aromatic rings. The number of fused-ring (bicyclic) bond motifs is 1. The van der Waals surface area contributed by atoms with Gasteiger partial charge in [0.2, 0.25) is 5.91 Å². The number of anilines is 1. The van der Waals surface area contributed by atoms with Gasteiger partial charge in [-0.25, -0.2) is 4.98 Å². The van der Waals surface area contributed by atoms with E-state index in [0.717, 1.165) is 23.7 Å². The number of aromatic nitrogens is 1. The predicted octanol–water partition coefficient (Wildman–Crippen LogP) is 3.87. The summed E-state index contributed by atoms with van der Waals surface area (Å²) in [5.41, 5.74) is 2.88. The molecular formula is C21H20N4O3S. The number of hydrogen-bond donors (Lipinski definition) is 0. The van der Waals surface area contributed by atoms with Crippen LogP contribution in [0, 0.1) is 17.0 Å². The molecule has 8 heteroatoms. The number of carbonyl (C=O) groups is 1. The highest BCUT2D eigenvalue weighted by atomic mass is 32.1. The van der Waals surface area contributed by atoms with Crippen LogP contribution in [0.25, 0.3) is 16.3 Å². The maximum Gasteiger partial charge on any atom is 0.270 e. The first-order valence-corrected chi connectivity index (χ1v) is 10.1. The minimum absolute atomic E-state index is 0.0132. The third-order valence-corrected chi connectivity index (χ3v) is 5.97. The smallest absolute Gasteiger partial charge is 0.270 e. The maximum absolute atomic E-state index is 12.5. The fourth-order valence-corrected chi connectivity index (χ4v) is 4.40. The Morgan fingerprint density at radius 2 is 1.97 bits per heavy atom. The Bertz CT molecular complexity index is 1100. The van der Waals surface area contributed by atoms with Crippen molar-refractivity contribution in [1.82, 2.24) is 9.88 Å². The molecule has 29 heavy (non-hydrogen) atoms. The quantitative estimate of drug-likeness (QED) is 0.372. The number of rotatable bonds is 4. The van der Waals surface area contributed by atoms with E-state index in [1.165, 1.54) is 28.5 Å². The molecule has 0 radical (unpaired) electrons. The lowest BCUT2D eigenvalue weighted by molar-refractivity contribution is -0.384. The number of benzene rings is 2. The Hall–Kier alpha value is -3.26. The van der Waals surface area contributed by atoms with Crippen molar-refractivity contribution in [2.75, 3.05) is 31.1 Å². The molecule has 4 rings (SSSR count). The minimum Gasteiger partial charge on any atom is -0.345 e. The average molecular weight is 408 g/mol. The molecule has 7 nitrogen and oxygen atoms in total. The molecule has 0 atom stereocenters. The maximum atomic E-state index is 12.5. The number of nitrogens with zero attached hydrogens (tertiary/aromatic N) is 4. The molecular weight excluding hydrogens is 388 g/mol. The van der Waals surface area contributed by atoms with E-state index in [0.29, 0.717) is 18.7 Å². The molecule has 1 fully saturated rings. The van der Waals surface area contributed by atoms with Gasteiger partial charge in [-0.1, -0.05) is 29.5 Å². The highest BCUT2D eigenvalue weighted by Gasteiger charge is 2.22. The van der Waals surface area contributed by atoms with Crippen LogP contribution < -0.4 is 4.90 Å². The average Bonchev–Trinajstić information content (AvgIpc) is 3.15. The third kappa shape index (κ3) is 4.27. The molecule has 2 aromatic carbocycles. The summed E-state index contributed by atoms with van der Waals surface area (Å²) < 4.78 is 1.18. The van der Waals surface area contributed by atoms with Crippen LogP contribution in [0.2, 0.25) is 0 Å². The lowest BCUT2D eigenvalue weighted by atomic mass is 10.2. The molecule has 148 valence electrons. The van der Waals surface area contributed by atoms with Crippen molar-refractivity contribution in [3.63, 3.8) is 0 Å². The normalized spacial score (nSPS) is 14.7. The molecule has 0 bridgehead atoms. The minimum atomic E-state index is -0.443. The second kappa shape index (κ2) is 8.00. The molecule has 1 aliphatic rings. The van der Waals surface area contributed by atoms with Crippen molar-refractivity contribution in [3.05, 3.63) is 69.8 Å². The number of nitro groups is 1. The lowest BCUT2D eigenvalue weighted by Crippen LogP contribution is -2.48. The van der Waals surface area contributed by atoms with Gasteiger partial charge in [-0.2, -0.15) is 0 Å². The molecule has 0 aliphatic carbocycles. The zero-order valence-electron chi connectivity index (χ0n) is 15.9. The van der Waals surface area contributed by atoms with Crippen molar-refractivity contribution < 1.29 is 9.72 Å². The fraction of sp³-hybridized carbons (Fsp3) is 0.238. The van der Waals surface area contributed by atoms with Crippen LogP contribution in [0.3, 0.4) is 0 Å². The van der Waals surface area contributed by atoms with E-state index in [9.17, 15) is 14.9 Å².